The Hall–Kier alpha value is -1.11. The maximum absolute atomic E-state index is 11.6. The van der Waals surface area contributed by atoms with Crippen molar-refractivity contribution in [1.82, 2.24) is 15.1 Å². The molecular weight excluding hydrogens is 450 g/mol. The van der Waals surface area contributed by atoms with Gasteiger partial charge in [-0.05, 0) is 113 Å². The molecule has 0 saturated carbocycles. The van der Waals surface area contributed by atoms with Crippen LogP contribution >= 0.6 is 0 Å². The molecule has 8 atom stereocenters. The third-order valence-electron chi connectivity index (χ3n) is 10.2. The molecule has 0 aromatic heterocycles. The number of nitrogens with one attached hydrogen (secondary N) is 1. The van der Waals surface area contributed by atoms with Gasteiger partial charge in [0.15, 0.2) is 0 Å². The van der Waals surface area contributed by atoms with Crippen molar-refractivity contribution in [3.05, 3.63) is 0 Å². The van der Waals surface area contributed by atoms with Crippen molar-refractivity contribution in [2.45, 2.75) is 144 Å². The van der Waals surface area contributed by atoms with Gasteiger partial charge in [-0.2, -0.15) is 0 Å². The van der Waals surface area contributed by atoms with Crippen LogP contribution in [0.3, 0.4) is 0 Å². The normalized spacial score (nSPS) is 47.1. The summed E-state index contributed by atoms with van der Waals surface area (Å²) in [5.74, 6) is -0.439. The molecule has 0 aromatic carbocycles. The molecular formula is C30H57N3O3. The SMILES string of the molecule is CC(=O)C1(C)CC(C)(C)C(C)N1C.[3H]C1(C)CC(C)(C(C)=O)N(C)C1C.[3H]C1(C)CC(C)(C(C)=O)NC1C. The standard InChI is InChI=1S/C11H21NO.C10H19NO.C9H17NO/c1-8-10(3,4)7-11(5,9(2)13)12(8)6;1-7-6-10(4,9(3)12)11(5)8(7)2;1-6-5-9(4,8(3)11)10-7(6)2/h8H,7H2,1-6H3;7-8H,6H2,1-5H3;6-7,10H,5H2,1-4H3/i;7T;6T. The van der Waals surface area contributed by atoms with E-state index in [1.54, 1.807) is 20.8 Å². The molecule has 6 heteroatoms. The Kier molecular flexibility index (Phi) is 9.27. The summed E-state index contributed by atoms with van der Waals surface area (Å²) in [5, 5.41) is 3.18. The fourth-order valence-electron chi connectivity index (χ4n) is 6.02. The number of hydrogen-bond acceptors (Lipinski definition) is 6. The van der Waals surface area contributed by atoms with Crippen LogP contribution in [0.1, 0.15) is 112 Å². The van der Waals surface area contributed by atoms with Gasteiger partial charge in [0, 0.05) is 20.9 Å². The first-order chi connectivity index (χ1) is 16.7. The van der Waals surface area contributed by atoms with Gasteiger partial charge in [0.25, 0.3) is 0 Å². The Morgan fingerprint density at radius 2 is 1.22 bits per heavy atom. The lowest BCUT2D eigenvalue weighted by Gasteiger charge is -2.32. The van der Waals surface area contributed by atoms with Crippen LogP contribution in [-0.4, -0.2) is 76.0 Å². The van der Waals surface area contributed by atoms with Gasteiger partial charge in [0.05, 0.1) is 16.6 Å². The predicted octanol–water partition coefficient (Wildman–Crippen LogP) is 5.13. The highest BCUT2D eigenvalue weighted by Gasteiger charge is 2.51. The first-order valence-electron chi connectivity index (χ1n) is 14.5. The van der Waals surface area contributed by atoms with E-state index in [0.717, 1.165) is 6.42 Å². The summed E-state index contributed by atoms with van der Waals surface area (Å²) in [5.41, 5.74) is -0.913. The van der Waals surface area contributed by atoms with Crippen LogP contribution in [0.25, 0.3) is 0 Å². The van der Waals surface area contributed by atoms with Crippen molar-refractivity contribution in [3.63, 3.8) is 0 Å². The van der Waals surface area contributed by atoms with E-state index < -0.39 is 22.9 Å². The number of carbonyl (C=O) groups excluding carboxylic acids is 3. The summed E-state index contributed by atoms with van der Waals surface area (Å²) in [7, 11) is 3.99. The van der Waals surface area contributed by atoms with Crippen LogP contribution in [0.15, 0.2) is 0 Å². The molecule has 36 heavy (non-hydrogen) atoms. The zero-order valence-electron chi connectivity index (χ0n) is 28.0. The molecule has 6 nitrogen and oxygen atoms in total. The van der Waals surface area contributed by atoms with Crippen molar-refractivity contribution < 1.29 is 17.1 Å². The summed E-state index contributed by atoms with van der Waals surface area (Å²) < 4.78 is 16.0. The van der Waals surface area contributed by atoms with Crippen LogP contribution in [0.5, 0.6) is 0 Å². The lowest BCUT2D eigenvalue weighted by molar-refractivity contribution is -0.127. The molecule has 210 valence electrons. The van der Waals surface area contributed by atoms with E-state index in [-0.39, 0.29) is 40.4 Å². The van der Waals surface area contributed by atoms with E-state index in [2.05, 4.69) is 45.0 Å². The van der Waals surface area contributed by atoms with Crippen LogP contribution < -0.4 is 5.32 Å². The number of likely N-dealkylation sites (N-methyl/N-ethyl adjacent to an activating group) is 2. The van der Waals surface area contributed by atoms with E-state index in [0.29, 0.717) is 18.9 Å². The van der Waals surface area contributed by atoms with E-state index in [9.17, 15) is 14.4 Å². The second kappa shape index (κ2) is 11.3. The molecule has 0 aromatic rings. The number of hydrogen-bond donors (Lipinski definition) is 1. The molecule has 0 amide bonds. The lowest BCUT2D eigenvalue weighted by atomic mass is 9.80. The summed E-state index contributed by atoms with van der Waals surface area (Å²) in [6.45, 7) is 25.2. The molecule has 8 unspecified atom stereocenters. The molecule has 3 aliphatic rings. The summed E-state index contributed by atoms with van der Waals surface area (Å²) in [6.07, 6.45) is 2.20. The lowest BCUT2D eigenvalue weighted by Crippen LogP contribution is -2.46. The van der Waals surface area contributed by atoms with E-state index in [1.807, 2.05) is 53.5 Å². The maximum atomic E-state index is 11.6. The molecule has 3 fully saturated rings. The Balaban J connectivity index is 0.000000285. The molecule has 1 N–H and O–H groups in total. The van der Waals surface area contributed by atoms with E-state index in [4.69, 9.17) is 2.74 Å². The van der Waals surface area contributed by atoms with Crippen LogP contribution in [0.4, 0.5) is 0 Å². The molecule has 0 bridgehead atoms. The number of rotatable bonds is 3. The monoisotopic (exact) mass is 511 g/mol. The molecule has 3 rings (SSSR count). The van der Waals surface area contributed by atoms with Crippen molar-refractivity contribution >= 4 is 17.3 Å². The highest BCUT2D eigenvalue weighted by atomic mass is 16.1. The average molecular weight is 512 g/mol. The first-order valence-corrected chi connectivity index (χ1v) is 13.5. The predicted molar refractivity (Wildman–Crippen MR) is 150 cm³/mol. The van der Waals surface area contributed by atoms with Gasteiger partial charge >= 0.3 is 0 Å². The minimum atomic E-state index is -0.513. The first kappa shape index (κ1) is 29.4. The minimum Gasteiger partial charge on any atom is -0.302 e. The summed E-state index contributed by atoms with van der Waals surface area (Å²) in [6, 6.07) is 0.703. The molecule has 3 heterocycles. The largest absolute Gasteiger partial charge is 0.302 e. The molecule has 0 spiro atoms. The average Bonchev–Trinajstić information content (AvgIpc) is 3.14. The molecule has 3 aliphatic heterocycles. The van der Waals surface area contributed by atoms with Crippen molar-refractivity contribution in [3.8, 4) is 0 Å². The highest BCUT2D eigenvalue weighted by Crippen LogP contribution is 2.45. The Morgan fingerprint density at radius 1 is 0.750 bits per heavy atom. The van der Waals surface area contributed by atoms with Gasteiger partial charge in [-0.3, -0.25) is 24.2 Å². The van der Waals surface area contributed by atoms with Gasteiger partial charge in [0.1, 0.15) is 17.3 Å². The van der Waals surface area contributed by atoms with Crippen LogP contribution in [0, 0.1) is 17.2 Å². The number of carbonyl (C=O) groups is 3. The number of nitrogens with zero attached hydrogens (tertiary/aromatic N) is 2. The highest BCUT2D eigenvalue weighted by molar-refractivity contribution is 5.87. The smallest absolute Gasteiger partial charge is 0.149 e. The maximum Gasteiger partial charge on any atom is 0.149 e. The van der Waals surface area contributed by atoms with E-state index in [1.165, 1.54) is 0 Å². The zero-order chi connectivity index (χ0) is 30.4. The summed E-state index contributed by atoms with van der Waals surface area (Å²) in [4.78, 5) is 38.6. The Bertz CT molecular complexity index is 870. The quantitative estimate of drug-likeness (QED) is 0.566. The topological polar surface area (TPSA) is 69.7 Å². The van der Waals surface area contributed by atoms with Gasteiger partial charge in [-0.15, -0.1) is 0 Å². The van der Waals surface area contributed by atoms with Crippen molar-refractivity contribution in [2.24, 2.45) is 17.2 Å². The second-order valence-electron chi connectivity index (χ2n) is 13.2. The Morgan fingerprint density at radius 3 is 1.39 bits per heavy atom. The van der Waals surface area contributed by atoms with Gasteiger partial charge in [-0.25, -0.2) is 0 Å². The summed E-state index contributed by atoms with van der Waals surface area (Å²) >= 11 is 0. The number of ketones is 3. The van der Waals surface area contributed by atoms with Crippen LogP contribution in [-0.2, 0) is 14.4 Å². The van der Waals surface area contributed by atoms with Crippen molar-refractivity contribution in [1.29, 1.82) is 0 Å². The van der Waals surface area contributed by atoms with E-state index >= 15 is 0 Å². The van der Waals surface area contributed by atoms with Gasteiger partial charge in [0.2, 0.25) is 0 Å². The molecule has 0 aliphatic carbocycles. The third-order valence-corrected chi connectivity index (χ3v) is 10.2. The second-order valence-corrected chi connectivity index (χ2v) is 13.2. The third kappa shape index (κ3) is 6.47. The Labute approximate surface area is 225 Å². The van der Waals surface area contributed by atoms with Crippen molar-refractivity contribution in [2.75, 3.05) is 14.1 Å². The molecule has 3 saturated heterocycles. The minimum absolute atomic E-state index is 0.0893. The van der Waals surface area contributed by atoms with Gasteiger partial charge in [-0.1, -0.05) is 27.7 Å². The number of likely N-dealkylation sites (tertiary alicyclic amines) is 2. The van der Waals surface area contributed by atoms with Crippen LogP contribution in [0.2, 0.25) is 0 Å². The fourth-order valence-corrected chi connectivity index (χ4v) is 6.02. The molecule has 0 radical (unpaired) electrons. The fraction of sp³-hybridized carbons (Fsp3) is 0.900. The number of Topliss-reactive ketones (excluding diaryl/α,β-unsaturated/α-hetero) is 3. The zero-order valence-corrected chi connectivity index (χ0v) is 26.0. The van der Waals surface area contributed by atoms with Gasteiger partial charge < -0.3 is 5.32 Å².